The summed E-state index contributed by atoms with van der Waals surface area (Å²) in [7, 11) is -0.627. The van der Waals surface area contributed by atoms with E-state index < -0.39 is 24.3 Å². The molecule has 1 aliphatic carbocycles. The van der Waals surface area contributed by atoms with Crippen molar-refractivity contribution in [3.8, 4) is 5.75 Å². The average Bonchev–Trinajstić information content (AvgIpc) is 3.17. The maximum atomic E-state index is 11.2. The molecule has 6 heteroatoms. The number of carboxylic acid groups (broad SMARTS) is 1. The Labute approximate surface area is 130 Å². The van der Waals surface area contributed by atoms with Gasteiger partial charge in [0, 0.05) is 5.46 Å². The molecule has 0 spiro atoms. The summed E-state index contributed by atoms with van der Waals surface area (Å²) >= 11 is 0. The summed E-state index contributed by atoms with van der Waals surface area (Å²) in [4.78, 5) is 11.2. The maximum absolute atomic E-state index is 11.2. The lowest BCUT2D eigenvalue weighted by atomic mass is 9.77. The Bertz CT molecular complexity index is 591. The number of carbonyl (C=O) groups is 1. The van der Waals surface area contributed by atoms with Crippen LogP contribution in [0.5, 0.6) is 5.75 Å². The highest BCUT2D eigenvalue weighted by molar-refractivity contribution is 6.63. The summed E-state index contributed by atoms with van der Waals surface area (Å²) in [5, 5.41) is 9.22. The van der Waals surface area contributed by atoms with E-state index in [-0.39, 0.29) is 11.7 Å². The van der Waals surface area contributed by atoms with Gasteiger partial charge in [0.05, 0.1) is 22.9 Å². The summed E-state index contributed by atoms with van der Waals surface area (Å²) in [6, 6.07) is 4.83. The smallest absolute Gasteiger partial charge is 0.491 e. The highest BCUT2D eigenvalue weighted by atomic mass is 16.7. The number of rotatable bonds is 4. The van der Waals surface area contributed by atoms with Gasteiger partial charge >= 0.3 is 13.1 Å². The summed E-state index contributed by atoms with van der Waals surface area (Å²) in [5.74, 6) is -0.332. The first kappa shape index (κ1) is 15.4. The third kappa shape index (κ3) is 2.73. The molecule has 5 nitrogen and oxygen atoms in total. The molecule has 1 saturated carbocycles. The average molecular weight is 304 g/mol. The fourth-order valence-electron chi connectivity index (χ4n) is 2.31. The molecule has 0 atom stereocenters. The monoisotopic (exact) mass is 304 g/mol. The van der Waals surface area contributed by atoms with Gasteiger partial charge in [-0.25, -0.2) is 4.79 Å². The Morgan fingerprint density at radius 1 is 1.23 bits per heavy atom. The normalized spacial score (nSPS) is 22.6. The third-order valence-corrected chi connectivity index (χ3v) is 4.58. The molecular weight excluding hydrogens is 283 g/mol. The fraction of sp³-hybridized carbons (Fsp3) is 0.562. The van der Waals surface area contributed by atoms with Crippen LogP contribution in [0.25, 0.3) is 0 Å². The van der Waals surface area contributed by atoms with Gasteiger partial charge in [-0.3, -0.25) is 0 Å². The molecule has 1 aromatic carbocycles. The van der Waals surface area contributed by atoms with Crippen LogP contribution in [0, 0.1) is 0 Å². The Kier molecular flexibility index (Phi) is 3.49. The van der Waals surface area contributed by atoms with E-state index in [1.165, 1.54) is 0 Å². The van der Waals surface area contributed by atoms with Crippen LogP contribution in [0.2, 0.25) is 0 Å². The lowest BCUT2D eigenvalue weighted by molar-refractivity contribution is 0.00578. The highest BCUT2D eigenvalue weighted by Gasteiger charge is 2.52. The van der Waals surface area contributed by atoms with Crippen molar-refractivity contribution in [2.24, 2.45) is 0 Å². The third-order valence-electron chi connectivity index (χ3n) is 4.58. The second-order valence-electron chi connectivity index (χ2n) is 6.96. The largest absolute Gasteiger partial charge is 0.498 e. The molecule has 118 valence electrons. The molecule has 2 aliphatic rings. The van der Waals surface area contributed by atoms with Gasteiger partial charge < -0.3 is 19.2 Å². The molecule has 2 fully saturated rings. The molecule has 0 bridgehead atoms. The van der Waals surface area contributed by atoms with E-state index in [0.29, 0.717) is 11.2 Å². The van der Waals surface area contributed by atoms with Crippen molar-refractivity contribution in [1.29, 1.82) is 0 Å². The number of ether oxygens (including phenoxy) is 1. The molecule has 3 rings (SSSR count). The standard InChI is InChI=1S/C16H21BO5/c1-15(2)16(3,4)22-17(21-15)12-9-10(14(18)19)5-8-13(12)20-11-6-7-11/h5,8-9,11H,6-7H2,1-4H3,(H,18,19). The molecule has 22 heavy (non-hydrogen) atoms. The van der Waals surface area contributed by atoms with Gasteiger partial charge in [0.1, 0.15) is 5.75 Å². The molecule has 0 aromatic heterocycles. The lowest BCUT2D eigenvalue weighted by Gasteiger charge is -2.32. The quantitative estimate of drug-likeness (QED) is 0.864. The minimum absolute atomic E-state index is 0.202. The molecule has 1 saturated heterocycles. The topological polar surface area (TPSA) is 65.0 Å². The lowest BCUT2D eigenvalue weighted by Crippen LogP contribution is -2.41. The van der Waals surface area contributed by atoms with Gasteiger partial charge in [-0.15, -0.1) is 0 Å². The van der Waals surface area contributed by atoms with Crippen LogP contribution in [0.3, 0.4) is 0 Å². The maximum Gasteiger partial charge on any atom is 0.498 e. The van der Waals surface area contributed by atoms with Crippen LogP contribution in [0.1, 0.15) is 50.9 Å². The predicted molar refractivity (Wildman–Crippen MR) is 82.8 cm³/mol. The predicted octanol–water partition coefficient (Wildman–Crippen LogP) is 2.23. The van der Waals surface area contributed by atoms with Gasteiger partial charge in [-0.2, -0.15) is 0 Å². The number of carboxylic acids is 1. The van der Waals surface area contributed by atoms with Crippen molar-refractivity contribution >= 4 is 18.6 Å². The Morgan fingerprint density at radius 2 is 1.82 bits per heavy atom. The van der Waals surface area contributed by atoms with Crippen molar-refractivity contribution in [3.05, 3.63) is 23.8 Å². The van der Waals surface area contributed by atoms with Crippen molar-refractivity contribution < 1.29 is 23.9 Å². The van der Waals surface area contributed by atoms with Gasteiger partial charge in [-0.1, -0.05) is 0 Å². The number of aromatic carboxylic acids is 1. The number of benzene rings is 1. The van der Waals surface area contributed by atoms with Crippen LogP contribution in [0.15, 0.2) is 18.2 Å². The molecule has 1 aliphatic heterocycles. The molecule has 1 N–H and O–H groups in total. The molecule has 0 unspecified atom stereocenters. The Morgan fingerprint density at radius 3 is 2.32 bits per heavy atom. The van der Waals surface area contributed by atoms with E-state index >= 15 is 0 Å². The first-order valence-corrected chi connectivity index (χ1v) is 7.59. The van der Waals surface area contributed by atoms with Gasteiger partial charge in [-0.05, 0) is 58.7 Å². The van der Waals surface area contributed by atoms with E-state index in [1.807, 2.05) is 27.7 Å². The summed E-state index contributed by atoms with van der Waals surface area (Å²) in [6.45, 7) is 7.87. The van der Waals surface area contributed by atoms with Crippen LogP contribution in [0.4, 0.5) is 0 Å². The first-order chi connectivity index (χ1) is 10.2. The molecule has 0 amide bonds. The summed E-state index contributed by atoms with van der Waals surface area (Å²) < 4.78 is 18.0. The molecule has 0 radical (unpaired) electrons. The van der Waals surface area contributed by atoms with Crippen molar-refractivity contribution in [1.82, 2.24) is 0 Å². The Balaban J connectivity index is 1.96. The zero-order valence-electron chi connectivity index (χ0n) is 13.4. The number of hydrogen-bond acceptors (Lipinski definition) is 4. The highest BCUT2D eigenvalue weighted by Crippen LogP contribution is 2.37. The zero-order chi connectivity index (χ0) is 16.1. The van der Waals surface area contributed by atoms with Crippen LogP contribution in [-0.4, -0.2) is 35.5 Å². The summed E-state index contributed by atoms with van der Waals surface area (Å²) in [5.41, 5.74) is -0.111. The number of hydrogen-bond donors (Lipinski definition) is 1. The molecule has 1 heterocycles. The molecular formula is C16H21BO5. The fourth-order valence-corrected chi connectivity index (χ4v) is 2.31. The van der Waals surface area contributed by atoms with E-state index in [2.05, 4.69) is 0 Å². The molecule has 1 aromatic rings. The first-order valence-electron chi connectivity index (χ1n) is 7.59. The van der Waals surface area contributed by atoms with Crippen molar-refractivity contribution in [2.45, 2.75) is 57.8 Å². The summed E-state index contributed by atoms with van der Waals surface area (Å²) in [6.07, 6.45) is 2.28. The van der Waals surface area contributed by atoms with Crippen LogP contribution < -0.4 is 10.2 Å². The van der Waals surface area contributed by atoms with Crippen LogP contribution in [-0.2, 0) is 9.31 Å². The van der Waals surface area contributed by atoms with E-state index in [4.69, 9.17) is 14.0 Å². The minimum atomic E-state index is -0.976. The van der Waals surface area contributed by atoms with Crippen LogP contribution >= 0.6 is 0 Å². The van der Waals surface area contributed by atoms with Gasteiger partial charge in [0.2, 0.25) is 0 Å². The van der Waals surface area contributed by atoms with Crippen molar-refractivity contribution in [3.63, 3.8) is 0 Å². The zero-order valence-corrected chi connectivity index (χ0v) is 13.4. The van der Waals surface area contributed by atoms with Gasteiger partial charge in [0.15, 0.2) is 0 Å². The second kappa shape index (κ2) is 5.00. The second-order valence-corrected chi connectivity index (χ2v) is 6.96. The minimum Gasteiger partial charge on any atom is -0.491 e. The van der Waals surface area contributed by atoms with Gasteiger partial charge in [0.25, 0.3) is 0 Å². The van der Waals surface area contributed by atoms with E-state index in [1.54, 1.807) is 18.2 Å². The van der Waals surface area contributed by atoms with E-state index in [9.17, 15) is 9.90 Å². The SMILES string of the molecule is CC1(C)OB(c2cc(C(=O)O)ccc2OC2CC2)OC1(C)C. The Hall–Kier alpha value is -1.53. The van der Waals surface area contributed by atoms with E-state index in [0.717, 1.165) is 12.8 Å². The van der Waals surface area contributed by atoms with Crippen molar-refractivity contribution in [2.75, 3.05) is 0 Å².